The van der Waals surface area contributed by atoms with Gasteiger partial charge in [-0.3, -0.25) is 0 Å². The molecule has 35 heavy (non-hydrogen) atoms. The molecule has 0 radical (unpaired) electrons. The number of hydrogen-bond donors (Lipinski definition) is 0. The van der Waals surface area contributed by atoms with Gasteiger partial charge in [0.05, 0.1) is 0 Å². The fourth-order valence-electron chi connectivity index (χ4n) is 3.95. The molecule has 6 rings (SSSR count). The van der Waals surface area contributed by atoms with E-state index in [-0.39, 0.29) is 32.9 Å². The topological polar surface area (TPSA) is 55.4 Å². The van der Waals surface area contributed by atoms with Crippen LogP contribution in [-0.2, 0) is 0 Å². The quantitative estimate of drug-likeness (QED) is 0.345. The molecule has 2 heterocycles. The molecular formula is C26H17BF2O6. The van der Waals surface area contributed by atoms with E-state index in [0.29, 0.717) is 45.6 Å². The standard InChI is InChI=1S/C26H17BF2O6/c28-17-5-1-15(2-6-17)19-9-23-25(32-13-30-23)11-21(19)34-27-35-22-12-26-24(31-14-33-26)10-20(22)16-3-7-18(29)8-4-16/h1-12,27H,13-14H2. The second-order valence-corrected chi connectivity index (χ2v) is 7.82. The van der Waals surface area contributed by atoms with Crippen molar-refractivity contribution in [2.24, 2.45) is 0 Å². The fraction of sp³-hybridized carbons (Fsp3) is 0.0769. The average molecular weight is 474 g/mol. The molecule has 174 valence electrons. The van der Waals surface area contributed by atoms with Crippen LogP contribution in [0.4, 0.5) is 8.78 Å². The second-order valence-electron chi connectivity index (χ2n) is 7.82. The van der Waals surface area contributed by atoms with Crippen molar-refractivity contribution in [2.75, 3.05) is 13.6 Å². The molecule has 0 N–H and O–H groups in total. The highest BCUT2D eigenvalue weighted by Gasteiger charge is 2.22. The van der Waals surface area contributed by atoms with E-state index in [0.717, 1.165) is 11.1 Å². The highest BCUT2D eigenvalue weighted by molar-refractivity contribution is 6.21. The molecule has 0 aromatic heterocycles. The summed E-state index contributed by atoms with van der Waals surface area (Å²) in [5, 5.41) is 0. The Labute approximate surface area is 199 Å². The Bertz CT molecular complexity index is 1290. The molecular weight excluding hydrogens is 457 g/mol. The van der Waals surface area contributed by atoms with Crippen molar-refractivity contribution in [2.45, 2.75) is 0 Å². The maximum absolute atomic E-state index is 13.5. The predicted molar refractivity (Wildman–Crippen MR) is 124 cm³/mol. The van der Waals surface area contributed by atoms with E-state index >= 15 is 0 Å². The van der Waals surface area contributed by atoms with Gasteiger partial charge in [-0.25, -0.2) is 8.78 Å². The predicted octanol–water partition coefficient (Wildman–Crippen LogP) is 5.48. The number of ether oxygens (including phenoxy) is 4. The summed E-state index contributed by atoms with van der Waals surface area (Å²) in [5.41, 5.74) is 2.88. The van der Waals surface area contributed by atoms with Crippen molar-refractivity contribution in [3.63, 3.8) is 0 Å². The summed E-state index contributed by atoms with van der Waals surface area (Å²) in [6.07, 6.45) is 0. The number of benzene rings is 4. The van der Waals surface area contributed by atoms with Crippen LogP contribution in [0.2, 0.25) is 0 Å². The zero-order chi connectivity index (χ0) is 23.8. The van der Waals surface area contributed by atoms with Crippen molar-refractivity contribution in [3.8, 4) is 56.8 Å². The molecule has 0 spiro atoms. The molecule has 0 unspecified atom stereocenters. The first kappa shape index (κ1) is 21.2. The van der Waals surface area contributed by atoms with Gasteiger partial charge >= 0.3 is 7.69 Å². The summed E-state index contributed by atoms with van der Waals surface area (Å²) in [6.45, 7) is 0.215. The summed E-state index contributed by atoms with van der Waals surface area (Å²) in [7, 11) is -0.151. The zero-order valence-corrected chi connectivity index (χ0v) is 18.3. The maximum Gasteiger partial charge on any atom is 0.576 e. The van der Waals surface area contributed by atoms with E-state index in [4.69, 9.17) is 28.3 Å². The molecule has 6 nitrogen and oxygen atoms in total. The van der Waals surface area contributed by atoms with Crippen molar-refractivity contribution in [1.82, 2.24) is 0 Å². The van der Waals surface area contributed by atoms with Gasteiger partial charge in [-0.05, 0) is 47.5 Å². The van der Waals surface area contributed by atoms with Crippen LogP contribution in [0.1, 0.15) is 0 Å². The third-order valence-electron chi connectivity index (χ3n) is 5.69. The molecule has 4 aromatic rings. The van der Waals surface area contributed by atoms with E-state index in [1.54, 1.807) is 48.5 Å². The molecule has 0 fully saturated rings. The summed E-state index contributed by atoms with van der Waals surface area (Å²) in [5.74, 6) is 2.52. The van der Waals surface area contributed by atoms with E-state index in [9.17, 15) is 8.78 Å². The molecule has 0 amide bonds. The molecule has 0 saturated carbocycles. The van der Waals surface area contributed by atoms with Gasteiger partial charge in [-0.15, -0.1) is 0 Å². The van der Waals surface area contributed by atoms with Crippen LogP contribution in [0.15, 0.2) is 72.8 Å². The van der Waals surface area contributed by atoms with Crippen molar-refractivity contribution in [3.05, 3.63) is 84.4 Å². The molecule has 0 saturated heterocycles. The average Bonchev–Trinajstić information content (AvgIpc) is 3.53. The largest absolute Gasteiger partial charge is 0.576 e. The smallest absolute Gasteiger partial charge is 0.528 e. The number of halogens is 2. The van der Waals surface area contributed by atoms with E-state index in [1.165, 1.54) is 24.3 Å². The number of rotatable bonds is 6. The number of fused-ring (bicyclic) bond motifs is 2. The summed E-state index contributed by atoms with van der Waals surface area (Å²) >= 11 is 0. The molecule has 0 aliphatic carbocycles. The minimum absolute atomic E-state index is 0.108. The van der Waals surface area contributed by atoms with Gasteiger partial charge in [0.1, 0.15) is 23.1 Å². The molecule has 2 aliphatic rings. The lowest BCUT2D eigenvalue weighted by Gasteiger charge is -2.15. The lowest BCUT2D eigenvalue weighted by atomic mass is 10.0. The van der Waals surface area contributed by atoms with Gasteiger partial charge < -0.3 is 28.3 Å². The highest BCUT2D eigenvalue weighted by Crippen LogP contribution is 2.44. The molecule has 9 heteroatoms. The maximum atomic E-state index is 13.5. The molecule has 2 aliphatic heterocycles. The van der Waals surface area contributed by atoms with Crippen molar-refractivity contribution >= 4 is 7.69 Å². The van der Waals surface area contributed by atoms with Gasteiger partial charge in [0.25, 0.3) is 0 Å². The Kier molecular flexibility index (Phi) is 5.29. The van der Waals surface area contributed by atoms with Crippen LogP contribution in [0.5, 0.6) is 34.5 Å². The Balaban J connectivity index is 1.29. The Morgan fingerprint density at radius 1 is 0.543 bits per heavy atom. The van der Waals surface area contributed by atoms with Crippen LogP contribution in [0.3, 0.4) is 0 Å². The van der Waals surface area contributed by atoms with E-state index in [1.807, 2.05) is 0 Å². The molecule has 4 aromatic carbocycles. The van der Waals surface area contributed by atoms with Crippen LogP contribution >= 0.6 is 0 Å². The van der Waals surface area contributed by atoms with Crippen LogP contribution < -0.4 is 28.3 Å². The lowest BCUT2D eigenvalue weighted by Crippen LogP contribution is -2.12. The minimum atomic E-state index is -0.337. The van der Waals surface area contributed by atoms with E-state index in [2.05, 4.69) is 0 Å². The Morgan fingerprint density at radius 3 is 1.31 bits per heavy atom. The first-order chi connectivity index (χ1) is 17.1. The summed E-state index contributed by atoms with van der Waals surface area (Å²) < 4.78 is 60.9. The Hall–Kier alpha value is -4.40. The third-order valence-corrected chi connectivity index (χ3v) is 5.69. The Morgan fingerprint density at radius 2 is 0.914 bits per heavy atom. The first-order valence-corrected chi connectivity index (χ1v) is 10.8. The lowest BCUT2D eigenvalue weighted by molar-refractivity contribution is 0.173. The number of hydrogen-bond acceptors (Lipinski definition) is 6. The fourth-order valence-corrected chi connectivity index (χ4v) is 3.95. The van der Waals surface area contributed by atoms with Gasteiger partial charge in [0.2, 0.25) is 13.6 Å². The highest BCUT2D eigenvalue weighted by atomic mass is 19.1. The van der Waals surface area contributed by atoms with Crippen molar-refractivity contribution < 1.29 is 37.0 Å². The minimum Gasteiger partial charge on any atom is -0.528 e. The van der Waals surface area contributed by atoms with E-state index < -0.39 is 0 Å². The zero-order valence-electron chi connectivity index (χ0n) is 18.3. The molecule has 0 atom stereocenters. The van der Waals surface area contributed by atoms with Crippen molar-refractivity contribution in [1.29, 1.82) is 0 Å². The van der Waals surface area contributed by atoms with Gasteiger partial charge in [-0.1, -0.05) is 24.3 Å². The second kappa shape index (κ2) is 8.75. The summed E-state index contributed by atoms with van der Waals surface area (Å²) in [6, 6.07) is 19.1. The van der Waals surface area contributed by atoms with Crippen LogP contribution in [0.25, 0.3) is 22.3 Å². The summed E-state index contributed by atoms with van der Waals surface area (Å²) in [4.78, 5) is 0. The SMILES string of the molecule is Fc1ccc(-c2cc3c(cc2OBOc2cc4c(cc2-c2ccc(F)cc2)OCO4)OCO3)cc1. The third kappa shape index (κ3) is 4.16. The van der Waals surface area contributed by atoms with Gasteiger partial charge in [-0.2, -0.15) is 0 Å². The van der Waals surface area contributed by atoms with Crippen LogP contribution in [-0.4, -0.2) is 21.3 Å². The van der Waals surface area contributed by atoms with Crippen LogP contribution in [0, 0.1) is 11.6 Å². The van der Waals surface area contributed by atoms with Gasteiger partial charge in [0.15, 0.2) is 23.0 Å². The normalized spacial score (nSPS) is 13.0. The monoisotopic (exact) mass is 474 g/mol. The first-order valence-electron chi connectivity index (χ1n) is 10.8. The molecule has 0 bridgehead atoms. The van der Waals surface area contributed by atoms with Gasteiger partial charge in [0, 0.05) is 23.3 Å².